The lowest BCUT2D eigenvalue weighted by molar-refractivity contribution is 0.942. The number of H-pyrrole nitrogens is 1. The molecule has 0 atom stereocenters. The van der Waals surface area contributed by atoms with Crippen molar-refractivity contribution in [2.75, 3.05) is 0 Å². The lowest BCUT2D eigenvalue weighted by atomic mass is 10.4. The fourth-order valence-corrected chi connectivity index (χ4v) is 1.61. The molecule has 0 bridgehead atoms. The maximum absolute atomic E-state index is 11.3. The molecule has 2 aromatic heterocycles. The van der Waals surface area contributed by atoms with E-state index in [0.29, 0.717) is 16.0 Å². The summed E-state index contributed by atoms with van der Waals surface area (Å²) in [4.78, 5) is 17.7. The van der Waals surface area contributed by atoms with Crippen LogP contribution in [0.15, 0.2) is 33.9 Å². The van der Waals surface area contributed by atoms with Gasteiger partial charge in [-0.3, -0.25) is 9.36 Å². The molecule has 0 aliphatic rings. The van der Waals surface area contributed by atoms with E-state index in [2.05, 4.69) is 25.9 Å². The molecule has 1 N–H and O–H groups in total. The number of aromatic nitrogens is 3. The van der Waals surface area contributed by atoms with Crippen molar-refractivity contribution in [2.45, 2.75) is 0 Å². The summed E-state index contributed by atoms with van der Waals surface area (Å²) in [5.74, 6) is 0.403. The second-order valence-electron chi connectivity index (χ2n) is 2.74. The van der Waals surface area contributed by atoms with Gasteiger partial charge in [-0.2, -0.15) is 5.26 Å². The summed E-state index contributed by atoms with van der Waals surface area (Å²) in [6, 6.07) is 5.37. The highest BCUT2D eigenvalue weighted by Crippen LogP contribution is 2.15. The van der Waals surface area contributed by atoms with Crippen molar-refractivity contribution >= 4 is 15.9 Å². The van der Waals surface area contributed by atoms with Gasteiger partial charge in [0, 0.05) is 6.20 Å². The standard InChI is InChI=1S/C9H5BrN4O/c10-7-8(12-5-13-9(7)15)14-3-1-2-6(14)4-11/h1-3,5H,(H,12,13,15). The third-order valence-corrected chi connectivity index (χ3v) is 2.58. The summed E-state index contributed by atoms with van der Waals surface area (Å²) in [7, 11) is 0. The fraction of sp³-hybridized carbons (Fsp3) is 0. The van der Waals surface area contributed by atoms with Crippen LogP contribution in [0.2, 0.25) is 0 Å². The summed E-state index contributed by atoms with van der Waals surface area (Å²) in [6.45, 7) is 0. The van der Waals surface area contributed by atoms with Crippen molar-refractivity contribution in [3.8, 4) is 11.9 Å². The molecule has 0 aromatic carbocycles. The summed E-state index contributed by atoms with van der Waals surface area (Å²) < 4.78 is 1.84. The molecule has 0 amide bonds. The third-order valence-electron chi connectivity index (χ3n) is 1.87. The van der Waals surface area contributed by atoms with E-state index in [4.69, 9.17) is 5.26 Å². The normalized spacial score (nSPS) is 9.87. The van der Waals surface area contributed by atoms with Crippen molar-refractivity contribution < 1.29 is 0 Å². The Kier molecular flexibility index (Phi) is 2.39. The fourth-order valence-electron chi connectivity index (χ4n) is 1.20. The number of nitrogens with one attached hydrogen (secondary N) is 1. The predicted molar refractivity (Wildman–Crippen MR) is 56.6 cm³/mol. The highest BCUT2D eigenvalue weighted by molar-refractivity contribution is 9.10. The van der Waals surface area contributed by atoms with Crippen molar-refractivity contribution in [1.29, 1.82) is 5.26 Å². The zero-order chi connectivity index (χ0) is 10.8. The van der Waals surface area contributed by atoms with Gasteiger partial charge >= 0.3 is 0 Å². The van der Waals surface area contributed by atoms with E-state index >= 15 is 0 Å². The molecule has 0 radical (unpaired) electrons. The summed E-state index contributed by atoms with van der Waals surface area (Å²) in [5, 5.41) is 8.83. The minimum Gasteiger partial charge on any atom is -0.312 e. The van der Waals surface area contributed by atoms with Gasteiger partial charge in [-0.15, -0.1) is 0 Å². The van der Waals surface area contributed by atoms with Gasteiger partial charge in [-0.1, -0.05) is 0 Å². The summed E-state index contributed by atoms with van der Waals surface area (Å²) in [5.41, 5.74) is 0.145. The first kappa shape index (κ1) is 9.68. The second-order valence-corrected chi connectivity index (χ2v) is 3.54. The van der Waals surface area contributed by atoms with Gasteiger partial charge in [-0.25, -0.2) is 4.98 Å². The lowest BCUT2D eigenvalue weighted by Gasteiger charge is -2.04. The maximum atomic E-state index is 11.3. The highest BCUT2D eigenvalue weighted by Gasteiger charge is 2.09. The molecule has 5 nitrogen and oxygen atoms in total. The Labute approximate surface area is 93.1 Å². The molecule has 6 heteroatoms. The molecular formula is C9H5BrN4O. The van der Waals surface area contributed by atoms with Crippen molar-refractivity contribution in [1.82, 2.24) is 14.5 Å². The molecule has 0 aliphatic heterocycles. The predicted octanol–water partition coefficient (Wildman–Crippen LogP) is 1.19. The Morgan fingerprint density at radius 2 is 2.40 bits per heavy atom. The van der Waals surface area contributed by atoms with Crippen molar-refractivity contribution in [3.63, 3.8) is 0 Å². The number of nitrogens with zero attached hydrogens (tertiary/aromatic N) is 3. The number of nitriles is 1. The number of aromatic amines is 1. The zero-order valence-corrected chi connectivity index (χ0v) is 9.02. The SMILES string of the molecule is N#Cc1cccn1-c1nc[nH]c(=O)c1Br. The quantitative estimate of drug-likeness (QED) is 0.841. The van der Waals surface area contributed by atoms with Crippen LogP contribution in [0.1, 0.15) is 5.69 Å². The van der Waals surface area contributed by atoms with Crippen LogP contribution in [0.25, 0.3) is 5.82 Å². The minimum absolute atomic E-state index is 0.280. The lowest BCUT2D eigenvalue weighted by Crippen LogP contribution is -2.12. The molecule has 0 saturated carbocycles. The van der Waals surface area contributed by atoms with Gasteiger partial charge in [0.1, 0.15) is 16.2 Å². The number of hydrogen-bond donors (Lipinski definition) is 1. The van der Waals surface area contributed by atoms with Crippen LogP contribution in [0.5, 0.6) is 0 Å². The van der Waals surface area contributed by atoms with Gasteiger partial charge in [0.2, 0.25) is 0 Å². The maximum Gasteiger partial charge on any atom is 0.267 e. The Bertz CT molecular complexity index is 593. The van der Waals surface area contributed by atoms with Crippen LogP contribution in [-0.2, 0) is 0 Å². The number of hydrogen-bond acceptors (Lipinski definition) is 3. The summed E-state index contributed by atoms with van der Waals surface area (Å²) in [6.07, 6.45) is 2.97. The smallest absolute Gasteiger partial charge is 0.267 e. The average Bonchev–Trinajstić information content (AvgIpc) is 2.70. The molecule has 0 spiro atoms. The number of halogens is 1. The van der Waals surface area contributed by atoms with Gasteiger partial charge in [0.05, 0.1) is 6.33 Å². The second kappa shape index (κ2) is 3.71. The van der Waals surface area contributed by atoms with Crippen LogP contribution in [0, 0.1) is 11.3 Å². The van der Waals surface area contributed by atoms with E-state index in [-0.39, 0.29) is 5.56 Å². The molecule has 0 saturated heterocycles. The largest absolute Gasteiger partial charge is 0.312 e. The molecule has 15 heavy (non-hydrogen) atoms. The molecule has 0 unspecified atom stereocenters. The van der Waals surface area contributed by atoms with E-state index in [1.807, 2.05) is 6.07 Å². The monoisotopic (exact) mass is 264 g/mol. The molecule has 74 valence electrons. The first-order chi connectivity index (χ1) is 7.24. The first-order valence-electron chi connectivity index (χ1n) is 4.05. The Balaban J connectivity index is 2.71. The molecule has 0 aliphatic carbocycles. The van der Waals surface area contributed by atoms with Crippen molar-refractivity contribution in [3.05, 3.63) is 45.2 Å². The van der Waals surface area contributed by atoms with Crippen molar-refractivity contribution in [2.24, 2.45) is 0 Å². The Hall–Kier alpha value is -1.87. The Morgan fingerprint density at radius 1 is 1.60 bits per heavy atom. The highest BCUT2D eigenvalue weighted by atomic mass is 79.9. The average molecular weight is 265 g/mol. The molecule has 0 fully saturated rings. The van der Waals surface area contributed by atoms with Crippen LogP contribution < -0.4 is 5.56 Å². The van der Waals surface area contributed by atoms with Gasteiger partial charge in [-0.05, 0) is 28.1 Å². The van der Waals surface area contributed by atoms with Crippen LogP contribution >= 0.6 is 15.9 Å². The van der Waals surface area contributed by atoms with Gasteiger partial charge in [0.25, 0.3) is 5.56 Å². The Morgan fingerprint density at radius 3 is 3.13 bits per heavy atom. The first-order valence-corrected chi connectivity index (χ1v) is 4.84. The molecule has 2 aromatic rings. The van der Waals surface area contributed by atoms with Crippen LogP contribution in [0.4, 0.5) is 0 Å². The van der Waals surface area contributed by atoms with E-state index < -0.39 is 0 Å². The van der Waals surface area contributed by atoms with E-state index in [1.165, 1.54) is 6.33 Å². The third kappa shape index (κ3) is 1.57. The van der Waals surface area contributed by atoms with E-state index in [0.717, 1.165) is 0 Å². The topological polar surface area (TPSA) is 74.5 Å². The van der Waals surface area contributed by atoms with Crippen LogP contribution in [0.3, 0.4) is 0 Å². The van der Waals surface area contributed by atoms with Gasteiger partial charge < -0.3 is 4.98 Å². The molecule has 2 heterocycles. The minimum atomic E-state index is -0.280. The molecule has 2 rings (SSSR count). The van der Waals surface area contributed by atoms with E-state index in [1.54, 1.807) is 22.9 Å². The van der Waals surface area contributed by atoms with Gasteiger partial charge in [0.15, 0.2) is 5.82 Å². The number of rotatable bonds is 1. The zero-order valence-electron chi connectivity index (χ0n) is 7.44. The molecular weight excluding hydrogens is 260 g/mol. The van der Waals surface area contributed by atoms with E-state index in [9.17, 15) is 4.79 Å². The van der Waals surface area contributed by atoms with Crippen LogP contribution in [-0.4, -0.2) is 14.5 Å². The summed E-state index contributed by atoms with van der Waals surface area (Å²) >= 11 is 3.13.